The van der Waals surface area contributed by atoms with Gasteiger partial charge in [0.1, 0.15) is 5.82 Å². The van der Waals surface area contributed by atoms with E-state index in [9.17, 15) is 0 Å². The molecule has 0 saturated carbocycles. The summed E-state index contributed by atoms with van der Waals surface area (Å²) in [6, 6.07) is 12.4. The van der Waals surface area contributed by atoms with Crippen molar-refractivity contribution in [2.45, 2.75) is 19.4 Å². The van der Waals surface area contributed by atoms with Gasteiger partial charge >= 0.3 is 0 Å². The first-order valence-corrected chi connectivity index (χ1v) is 7.41. The first kappa shape index (κ1) is 12.9. The van der Waals surface area contributed by atoms with Gasteiger partial charge in [-0.05, 0) is 30.5 Å². The highest BCUT2D eigenvalue weighted by molar-refractivity contribution is 7.09. The molecule has 0 aliphatic rings. The molecule has 0 fully saturated rings. The number of rotatable bonds is 4. The zero-order valence-corrected chi connectivity index (χ0v) is 12.0. The van der Waals surface area contributed by atoms with Crippen LogP contribution < -0.4 is 11.1 Å². The van der Waals surface area contributed by atoms with Crippen molar-refractivity contribution in [3.63, 3.8) is 0 Å². The molecule has 0 spiro atoms. The third-order valence-electron chi connectivity index (χ3n) is 3.09. The highest BCUT2D eigenvalue weighted by atomic mass is 32.1. The van der Waals surface area contributed by atoms with E-state index in [1.807, 2.05) is 24.3 Å². The van der Waals surface area contributed by atoms with Crippen molar-refractivity contribution >= 4 is 34.0 Å². The summed E-state index contributed by atoms with van der Waals surface area (Å²) >= 11 is 1.77. The van der Waals surface area contributed by atoms with Gasteiger partial charge in [0.15, 0.2) is 0 Å². The van der Waals surface area contributed by atoms with Crippen molar-refractivity contribution in [1.82, 2.24) is 9.97 Å². The van der Waals surface area contributed by atoms with Crippen molar-refractivity contribution in [3.05, 3.63) is 46.7 Å². The van der Waals surface area contributed by atoms with E-state index in [1.165, 1.54) is 4.88 Å². The lowest BCUT2D eigenvalue weighted by Crippen LogP contribution is -2.19. The zero-order chi connectivity index (χ0) is 13.9. The number of benzene rings is 1. The van der Waals surface area contributed by atoms with E-state index < -0.39 is 0 Å². The van der Waals surface area contributed by atoms with Crippen LogP contribution in [0.1, 0.15) is 11.8 Å². The number of anilines is 2. The number of nitrogen functional groups attached to an aromatic ring is 1. The molecule has 1 unspecified atom stereocenters. The molecule has 2 aromatic heterocycles. The lowest BCUT2D eigenvalue weighted by molar-refractivity contribution is 0.796. The van der Waals surface area contributed by atoms with Gasteiger partial charge < -0.3 is 11.1 Å². The summed E-state index contributed by atoms with van der Waals surface area (Å²) < 4.78 is 0. The summed E-state index contributed by atoms with van der Waals surface area (Å²) in [5, 5.41) is 6.54. The minimum absolute atomic E-state index is 0.284. The van der Waals surface area contributed by atoms with Gasteiger partial charge in [0.2, 0.25) is 5.95 Å². The fraction of sp³-hybridized carbons (Fsp3) is 0.200. The average Bonchev–Trinajstić information content (AvgIpc) is 2.91. The van der Waals surface area contributed by atoms with E-state index in [1.54, 1.807) is 11.3 Å². The van der Waals surface area contributed by atoms with Crippen molar-refractivity contribution in [2.24, 2.45) is 0 Å². The second-order valence-corrected chi connectivity index (χ2v) is 5.81. The van der Waals surface area contributed by atoms with E-state index in [2.05, 4.69) is 39.7 Å². The van der Waals surface area contributed by atoms with Crippen LogP contribution in [0, 0.1) is 0 Å². The molecular formula is C15H16N4S. The Morgan fingerprint density at radius 1 is 1.20 bits per heavy atom. The summed E-state index contributed by atoms with van der Waals surface area (Å²) in [5.74, 6) is 1.10. The molecule has 3 rings (SSSR count). The molecule has 5 heteroatoms. The lowest BCUT2D eigenvalue weighted by atomic mass is 10.2. The largest absolute Gasteiger partial charge is 0.368 e. The summed E-state index contributed by atoms with van der Waals surface area (Å²) in [6.07, 6.45) is 0.968. The Morgan fingerprint density at radius 3 is 2.85 bits per heavy atom. The first-order chi connectivity index (χ1) is 9.72. The van der Waals surface area contributed by atoms with Crippen LogP contribution in [-0.4, -0.2) is 16.0 Å². The number of thiophene rings is 1. The highest BCUT2D eigenvalue weighted by Crippen LogP contribution is 2.22. The molecule has 102 valence electrons. The Morgan fingerprint density at radius 2 is 2.05 bits per heavy atom. The molecule has 3 aromatic rings. The van der Waals surface area contributed by atoms with E-state index in [0.29, 0.717) is 5.95 Å². The van der Waals surface area contributed by atoms with Gasteiger partial charge in [0.05, 0.1) is 5.52 Å². The van der Waals surface area contributed by atoms with Crippen LogP contribution in [0.3, 0.4) is 0 Å². The number of hydrogen-bond acceptors (Lipinski definition) is 5. The zero-order valence-electron chi connectivity index (χ0n) is 11.2. The van der Waals surface area contributed by atoms with Gasteiger partial charge in [-0.3, -0.25) is 0 Å². The Kier molecular flexibility index (Phi) is 3.52. The molecule has 1 atom stereocenters. The fourth-order valence-corrected chi connectivity index (χ4v) is 3.05. The molecule has 0 saturated heterocycles. The summed E-state index contributed by atoms with van der Waals surface area (Å²) in [7, 11) is 0. The predicted octanol–water partition coefficient (Wildman–Crippen LogP) is 3.32. The number of aromatic nitrogens is 2. The van der Waals surface area contributed by atoms with Gasteiger partial charge in [0, 0.05) is 22.7 Å². The quantitative estimate of drug-likeness (QED) is 0.771. The Bertz CT molecular complexity index is 709. The van der Waals surface area contributed by atoms with E-state index >= 15 is 0 Å². The second-order valence-electron chi connectivity index (χ2n) is 4.78. The average molecular weight is 284 g/mol. The van der Waals surface area contributed by atoms with Crippen molar-refractivity contribution in [2.75, 3.05) is 11.1 Å². The normalized spacial score (nSPS) is 12.4. The van der Waals surface area contributed by atoms with E-state index in [-0.39, 0.29) is 6.04 Å². The van der Waals surface area contributed by atoms with Crippen molar-refractivity contribution in [1.29, 1.82) is 0 Å². The van der Waals surface area contributed by atoms with Crippen LogP contribution in [0.15, 0.2) is 41.8 Å². The number of nitrogens with zero attached hydrogens (tertiary/aromatic N) is 2. The van der Waals surface area contributed by atoms with Crippen LogP contribution >= 0.6 is 11.3 Å². The van der Waals surface area contributed by atoms with Gasteiger partial charge in [-0.2, -0.15) is 4.98 Å². The fourth-order valence-electron chi connectivity index (χ4n) is 2.22. The maximum Gasteiger partial charge on any atom is 0.222 e. The molecule has 3 N–H and O–H groups in total. The van der Waals surface area contributed by atoms with Crippen molar-refractivity contribution < 1.29 is 0 Å². The molecule has 0 aliphatic carbocycles. The number of nitrogens with one attached hydrogen (secondary N) is 1. The molecule has 0 bridgehead atoms. The standard InChI is InChI=1S/C15H16N4S/c1-10(9-11-5-4-8-20-11)17-14-12-6-2-3-7-13(12)18-15(16)19-14/h2-8,10H,9H2,1H3,(H3,16,17,18,19). The van der Waals surface area contributed by atoms with Gasteiger partial charge in [-0.15, -0.1) is 11.3 Å². The van der Waals surface area contributed by atoms with Crippen molar-refractivity contribution in [3.8, 4) is 0 Å². The molecule has 1 aromatic carbocycles. The molecule has 0 radical (unpaired) electrons. The van der Waals surface area contributed by atoms with E-state index in [0.717, 1.165) is 23.1 Å². The third-order valence-corrected chi connectivity index (χ3v) is 3.99. The van der Waals surface area contributed by atoms with Crippen LogP contribution in [-0.2, 0) is 6.42 Å². The maximum absolute atomic E-state index is 5.78. The van der Waals surface area contributed by atoms with Crippen LogP contribution in [0.2, 0.25) is 0 Å². The minimum atomic E-state index is 0.284. The molecule has 4 nitrogen and oxygen atoms in total. The molecule has 2 heterocycles. The summed E-state index contributed by atoms with van der Waals surface area (Å²) in [6.45, 7) is 2.15. The smallest absolute Gasteiger partial charge is 0.222 e. The first-order valence-electron chi connectivity index (χ1n) is 6.53. The monoisotopic (exact) mass is 284 g/mol. The van der Waals surface area contributed by atoms with Crippen LogP contribution in [0.5, 0.6) is 0 Å². The van der Waals surface area contributed by atoms with Crippen LogP contribution in [0.4, 0.5) is 11.8 Å². The Hall–Kier alpha value is -2.14. The predicted molar refractivity (Wildman–Crippen MR) is 85.1 cm³/mol. The Labute approximate surface area is 121 Å². The Balaban J connectivity index is 1.86. The van der Waals surface area contributed by atoms with Crippen LogP contribution in [0.25, 0.3) is 10.9 Å². The molecule has 0 aliphatic heterocycles. The molecule has 0 amide bonds. The molecule has 20 heavy (non-hydrogen) atoms. The number of hydrogen-bond donors (Lipinski definition) is 2. The lowest BCUT2D eigenvalue weighted by Gasteiger charge is -2.15. The van der Waals surface area contributed by atoms with Gasteiger partial charge in [-0.25, -0.2) is 4.98 Å². The number of fused-ring (bicyclic) bond motifs is 1. The maximum atomic E-state index is 5.78. The van der Waals surface area contributed by atoms with Gasteiger partial charge in [-0.1, -0.05) is 18.2 Å². The summed E-state index contributed by atoms with van der Waals surface area (Å²) in [5.41, 5.74) is 6.64. The topological polar surface area (TPSA) is 63.8 Å². The van der Waals surface area contributed by atoms with E-state index in [4.69, 9.17) is 5.73 Å². The number of para-hydroxylation sites is 1. The molecular weight excluding hydrogens is 268 g/mol. The highest BCUT2D eigenvalue weighted by Gasteiger charge is 2.10. The SMILES string of the molecule is CC(Cc1cccs1)Nc1nc(N)nc2ccccc12. The third kappa shape index (κ3) is 2.72. The van der Waals surface area contributed by atoms with Gasteiger partial charge in [0.25, 0.3) is 0 Å². The second kappa shape index (κ2) is 5.46. The minimum Gasteiger partial charge on any atom is -0.368 e. The summed E-state index contributed by atoms with van der Waals surface area (Å²) in [4.78, 5) is 9.94. The number of nitrogens with two attached hydrogens (primary N) is 1.